The molecule has 2 N–H and O–H groups in total. The predicted molar refractivity (Wildman–Crippen MR) is 64.3 cm³/mol. The number of aliphatic hydroxyl groups excluding tert-OH is 1. The molecule has 5 heteroatoms. The molecule has 4 nitrogen and oxygen atoms in total. The van der Waals surface area contributed by atoms with Crippen LogP contribution in [0.1, 0.15) is 5.56 Å². The van der Waals surface area contributed by atoms with Crippen molar-refractivity contribution in [1.82, 2.24) is 4.90 Å². The maximum absolute atomic E-state index is 11.2. The maximum atomic E-state index is 11.2. The van der Waals surface area contributed by atoms with Gasteiger partial charge in [-0.2, -0.15) is 0 Å². The molecule has 0 unspecified atom stereocenters. The van der Waals surface area contributed by atoms with E-state index in [9.17, 15) is 4.79 Å². The Morgan fingerprint density at radius 2 is 2.38 bits per heavy atom. The first kappa shape index (κ1) is 11.4. The van der Waals surface area contributed by atoms with E-state index in [-0.39, 0.29) is 12.6 Å². The second kappa shape index (κ2) is 4.86. The van der Waals surface area contributed by atoms with Crippen LogP contribution in [-0.4, -0.2) is 35.4 Å². The monoisotopic (exact) mass is 238 g/mol. The third-order valence-corrected chi connectivity index (χ3v) is 3.44. The van der Waals surface area contributed by atoms with E-state index < -0.39 is 0 Å². The number of nitrogens with zero attached hydrogens (tertiary/aromatic N) is 1. The summed E-state index contributed by atoms with van der Waals surface area (Å²) in [5.74, 6) is 0.535. The third kappa shape index (κ3) is 2.55. The van der Waals surface area contributed by atoms with Crippen LogP contribution in [0.5, 0.6) is 0 Å². The van der Waals surface area contributed by atoms with Crippen LogP contribution >= 0.6 is 11.8 Å². The number of aliphatic hydroxyl groups is 1. The molecule has 1 aromatic rings. The average molecular weight is 238 g/mol. The molecule has 0 radical (unpaired) electrons. The number of fused-ring (bicyclic) bond motifs is 1. The van der Waals surface area contributed by atoms with Crippen LogP contribution in [-0.2, 0) is 11.3 Å². The van der Waals surface area contributed by atoms with E-state index in [1.807, 2.05) is 25.2 Å². The topological polar surface area (TPSA) is 52.6 Å². The Balaban J connectivity index is 2.18. The molecule has 1 heterocycles. The number of anilines is 1. The van der Waals surface area contributed by atoms with Gasteiger partial charge in [0.05, 0.1) is 18.2 Å². The van der Waals surface area contributed by atoms with E-state index in [1.165, 1.54) is 0 Å². The molecule has 0 aromatic heterocycles. The number of hydrogen-bond donors (Lipinski definition) is 2. The van der Waals surface area contributed by atoms with Gasteiger partial charge in [0.25, 0.3) is 0 Å². The van der Waals surface area contributed by atoms with Crippen molar-refractivity contribution in [2.45, 2.75) is 11.4 Å². The highest BCUT2D eigenvalue weighted by molar-refractivity contribution is 8.00. The van der Waals surface area contributed by atoms with Gasteiger partial charge in [0, 0.05) is 11.4 Å². The first-order valence-electron chi connectivity index (χ1n) is 5.04. The Kier molecular flexibility index (Phi) is 3.48. The molecular weight excluding hydrogens is 224 g/mol. The van der Waals surface area contributed by atoms with Gasteiger partial charge in [-0.15, -0.1) is 11.8 Å². The summed E-state index contributed by atoms with van der Waals surface area (Å²) < 4.78 is 0. The van der Waals surface area contributed by atoms with E-state index in [4.69, 9.17) is 5.11 Å². The van der Waals surface area contributed by atoms with E-state index in [0.717, 1.165) is 16.1 Å². The highest BCUT2D eigenvalue weighted by Gasteiger charge is 2.15. The van der Waals surface area contributed by atoms with Gasteiger partial charge in [0.1, 0.15) is 0 Å². The quantitative estimate of drug-likeness (QED) is 0.775. The molecule has 0 saturated heterocycles. The zero-order valence-corrected chi connectivity index (χ0v) is 9.88. The molecular formula is C11H14N2O2S. The summed E-state index contributed by atoms with van der Waals surface area (Å²) in [6.45, 7) is 0.697. The average Bonchev–Trinajstić information content (AvgIpc) is 2.28. The number of carbonyl (C=O) groups excluding carboxylic acids is 1. The fraction of sp³-hybridized carbons (Fsp3) is 0.364. The molecule has 0 aliphatic carbocycles. The number of benzene rings is 1. The van der Waals surface area contributed by atoms with E-state index >= 15 is 0 Å². The minimum Gasteiger partial charge on any atom is -0.381 e. The van der Waals surface area contributed by atoms with Crippen molar-refractivity contribution in [3.8, 4) is 0 Å². The Hall–Kier alpha value is -1.04. The second-order valence-corrected chi connectivity index (χ2v) is 4.84. The minimum atomic E-state index is 0.0260. The second-order valence-electron chi connectivity index (χ2n) is 3.82. The number of hydrogen-bond acceptors (Lipinski definition) is 4. The Bertz CT molecular complexity index is 409. The molecule has 1 aliphatic heterocycles. The largest absolute Gasteiger partial charge is 0.381 e. The first-order valence-corrected chi connectivity index (χ1v) is 6.02. The molecule has 1 aliphatic rings. The summed E-state index contributed by atoms with van der Waals surface area (Å²) in [5, 5.41) is 11.8. The van der Waals surface area contributed by atoms with E-state index in [0.29, 0.717) is 12.3 Å². The zero-order valence-electron chi connectivity index (χ0n) is 9.06. The normalized spacial score (nSPS) is 14.8. The highest BCUT2D eigenvalue weighted by Crippen LogP contribution is 2.32. The van der Waals surface area contributed by atoms with Crippen molar-refractivity contribution in [3.05, 3.63) is 23.8 Å². The first-order chi connectivity index (χ1) is 7.69. The molecule has 1 amide bonds. The maximum Gasteiger partial charge on any atom is 0.234 e. The fourth-order valence-corrected chi connectivity index (χ4v) is 2.38. The molecule has 86 valence electrons. The van der Waals surface area contributed by atoms with Gasteiger partial charge in [0.15, 0.2) is 0 Å². The molecule has 0 bridgehead atoms. The lowest BCUT2D eigenvalue weighted by Crippen LogP contribution is -2.20. The smallest absolute Gasteiger partial charge is 0.234 e. The molecule has 0 saturated carbocycles. The summed E-state index contributed by atoms with van der Waals surface area (Å²) >= 11 is 1.56. The molecule has 0 atom stereocenters. The number of amides is 1. The molecule has 1 aromatic carbocycles. The lowest BCUT2D eigenvalue weighted by atomic mass is 10.2. The van der Waals surface area contributed by atoms with E-state index in [2.05, 4.69) is 5.32 Å². The van der Waals surface area contributed by atoms with Crippen molar-refractivity contribution in [2.24, 2.45) is 0 Å². The van der Waals surface area contributed by atoms with E-state index in [1.54, 1.807) is 16.7 Å². The Labute approximate surface area is 98.6 Å². The number of carbonyl (C=O) groups is 1. The standard InChI is InChI=1S/C11H14N2O2S/c1-13(7-14)5-8-2-3-10-9(4-8)12-11(15)6-16-10/h2-4,14H,5-7H2,1H3,(H,12,15). The number of thioether (sulfide) groups is 1. The zero-order chi connectivity index (χ0) is 11.5. The van der Waals surface area contributed by atoms with Gasteiger partial charge < -0.3 is 10.4 Å². The summed E-state index contributed by atoms with van der Waals surface area (Å²) in [5.41, 5.74) is 1.96. The van der Waals surface area contributed by atoms with Crippen LogP contribution in [0.15, 0.2) is 23.1 Å². The van der Waals surface area contributed by atoms with Gasteiger partial charge in [0.2, 0.25) is 5.91 Å². The van der Waals surface area contributed by atoms with Crippen LogP contribution in [0.25, 0.3) is 0 Å². The highest BCUT2D eigenvalue weighted by atomic mass is 32.2. The van der Waals surface area contributed by atoms with Crippen LogP contribution in [0.3, 0.4) is 0 Å². The third-order valence-electron chi connectivity index (χ3n) is 2.37. The molecule has 0 fully saturated rings. The van der Waals surface area contributed by atoms with Crippen LogP contribution in [0.4, 0.5) is 5.69 Å². The fourth-order valence-electron chi connectivity index (χ4n) is 1.59. The molecule has 2 rings (SSSR count). The molecule has 16 heavy (non-hydrogen) atoms. The Morgan fingerprint density at radius 1 is 1.56 bits per heavy atom. The summed E-state index contributed by atoms with van der Waals surface area (Å²) in [6, 6.07) is 6.00. The Morgan fingerprint density at radius 3 is 3.12 bits per heavy atom. The number of nitrogens with one attached hydrogen (secondary N) is 1. The SMILES string of the molecule is CN(CO)Cc1ccc2c(c1)NC(=O)CS2. The van der Waals surface area contributed by atoms with Gasteiger partial charge in [-0.25, -0.2) is 0 Å². The van der Waals surface area contributed by atoms with Gasteiger partial charge in [-0.1, -0.05) is 6.07 Å². The van der Waals surface area contributed by atoms with Gasteiger partial charge in [-0.05, 0) is 24.7 Å². The summed E-state index contributed by atoms with van der Waals surface area (Å²) in [6.07, 6.45) is 0. The van der Waals surface area contributed by atoms with Crippen LogP contribution in [0.2, 0.25) is 0 Å². The van der Waals surface area contributed by atoms with Crippen LogP contribution < -0.4 is 5.32 Å². The van der Waals surface area contributed by atoms with Crippen LogP contribution in [0, 0.1) is 0 Å². The van der Waals surface area contributed by atoms with Gasteiger partial charge in [-0.3, -0.25) is 9.69 Å². The lowest BCUT2D eigenvalue weighted by molar-refractivity contribution is -0.113. The van der Waals surface area contributed by atoms with Crippen molar-refractivity contribution >= 4 is 23.4 Å². The molecule has 0 spiro atoms. The predicted octanol–water partition coefficient (Wildman–Crippen LogP) is 1.11. The van der Waals surface area contributed by atoms with Crippen molar-refractivity contribution in [1.29, 1.82) is 0 Å². The van der Waals surface area contributed by atoms with Crippen molar-refractivity contribution in [3.63, 3.8) is 0 Å². The number of rotatable bonds is 3. The lowest BCUT2D eigenvalue weighted by Gasteiger charge is -2.19. The van der Waals surface area contributed by atoms with Crippen molar-refractivity contribution in [2.75, 3.05) is 24.8 Å². The van der Waals surface area contributed by atoms with Gasteiger partial charge >= 0.3 is 0 Å². The summed E-state index contributed by atoms with van der Waals surface area (Å²) in [7, 11) is 1.84. The summed E-state index contributed by atoms with van der Waals surface area (Å²) in [4.78, 5) is 14.1. The van der Waals surface area contributed by atoms with Crippen molar-refractivity contribution < 1.29 is 9.90 Å². The minimum absolute atomic E-state index is 0.0260.